The zero-order valence-corrected chi connectivity index (χ0v) is 11.7. The largest absolute Gasteiger partial charge is 0.480 e. The number of amides is 1. The van der Waals surface area contributed by atoms with Crippen LogP contribution in [0.2, 0.25) is 0 Å². The van der Waals surface area contributed by atoms with Crippen LogP contribution in [0.1, 0.15) is 16.9 Å². The Morgan fingerprint density at radius 3 is 2.67 bits per heavy atom. The third-order valence-corrected chi connectivity index (χ3v) is 4.90. The van der Waals surface area contributed by atoms with Gasteiger partial charge in [-0.3, -0.25) is 9.59 Å². The molecule has 0 radical (unpaired) electrons. The monoisotopic (exact) mass is 316 g/mol. The maximum Gasteiger partial charge on any atom is 0.323 e. The van der Waals surface area contributed by atoms with Crippen LogP contribution in [0.3, 0.4) is 0 Å². The number of hydrogen-bond donors (Lipinski definition) is 1. The smallest absolute Gasteiger partial charge is 0.323 e. The first-order valence-corrected chi connectivity index (χ1v) is 7.96. The average molecular weight is 316 g/mol. The van der Waals surface area contributed by atoms with E-state index in [0.29, 0.717) is 0 Å². The van der Waals surface area contributed by atoms with Crippen molar-refractivity contribution in [3.8, 4) is 0 Å². The number of carbonyl (C=O) groups is 2. The summed E-state index contributed by atoms with van der Waals surface area (Å²) in [5.41, 5.74) is -0.249. The normalized spacial score (nSPS) is 20.1. The second-order valence-corrected chi connectivity index (χ2v) is 6.96. The number of hydrogen-bond acceptors (Lipinski definition) is 5. The quantitative estimate of drug-likeness (QED) is 0.780. The molecule has 1 fully saturated rings. The Kier molecular flexibility index (Phi) is 4.21. The third kappa shape index (κ3) is 3.75. The maximum atomic E-state index is 13.1. The van der Waals surface area contributed by atoms with Crippen LogP contribution in [0.5, 0.6) is 0 Å². The van der Waals surface area contributed by atoms with Crippen molar-refractivity contribution in [2.45, 2.75) is 12.5 Å². The molecule has 1 aromatic rings. The van der Waals surface area contributed by atoms with Crippen LogP contribution in [-0.2, 0) is 14.6 Å². The van der Waals surface area contributed by atoms with E-state index < -0.39 is 40.2 Å². The molecule has 114 valence electrons. The zero-order chi connectivity index (χ0) is 15.6. The van der Waals surface area contributed by atoms with Gasteiger partial charge in [0.2, 0.25) is 5.95 Å². The Hall–Kier alpha value is -2.03. The van der Waals surface area contributed by atoms with E-state index in [9.17, 15) is 22.4 Å². The number of carboxylic acids is 1. The molecule has 21 heavy (non-hydrogen) atoms. The molecule has 0 saturated carbocycles. The lowest BCUT2D eigenvalue weighted by molar-refractivity contribution is -0.138. The van der Waals surface area contributed by atoms with E-state index in [1.807, 2.05) is 0 Å². The highest BCUT2D eigenvalue weighted by Crippen LogP contribution is 2.19. The minimum Gasteiger partial charge on any atom is -0.480 e. The predicted octanol–water partition coefficient (Wildman–Crippen LogP) is -0.0654. The minimum absolute atomic E-state index is 0.0996. The van der Waals surface area contributed by atoms with Gasteiger partial charge in [0.05, 0.1) is 11.5 Å². The summed E-state index contributed by atoms with van der Waals surface area (Å²) in [5.74, 6) is -3.32. The fraction of sp³-hybridized carbons (Fsp3) is 0.417. The molecule has 1 aromatic heterocycles. The SMILES string of the molecule is O=C(O)CN(C(=O)c1cccc(F)n1)C1CCS(=O)(=O)C1. The van der Waals surface area contributed by atoms with Gasteiger partial charge in [-0.15, -0.1) is 0 Å². The lowest BCUT2D eigenvalue weighted by Gasteiger charge is -2.26. The van der Waals surface area contributed by atoms with Crippen LogP contribution in [0.4, 0.5) is 4.39 Å². The van der Waals surface area contributed by atoms with E-state index >= 15 is 0 Å². The highest BCUT2D eigenvalue weighted by Gasteiger charge is 2.36. The summed E-state index contributed by atoms with van der Waals surface area (Å²) in [6.07, 6.45) is 0.163. The summed E-state index contributed by atoms with van der Waals surface area (Å²) in [4.78, 5) is 27.5. The molecule has 1 amide bonds. The molecular weight excluding hydrogens is 303 g/mol. The van der Waals surface area contributed by atoms with Gasteiger partial charge in [0, 0.05) is 6.04 Å². The number of carbonyl (C=O) groups excluding carboxylic acids is 1. The average Bonchev–Trinajstić information content (AvgIpc) is 2.75. The molecule has 1 atom stereocenters. The summed E-state index contributed by atoms with van der Waals surface area (Å²) in [7, 11) is -3.28. The second-order valence-electron chi connectivity index (χ2n) is 4.73. The van der Waals surface area contributed by atoms with E-state index in [2.05, 4.69) is 4.98 Å². The van der Waals surface area contributed by atoms with Crippen molar-refractivity contribution in [3.63, 3.8) is 0 Å². The molecule has 2 rings (SSSR count). The first-order chi connectivity index (χ1) is 9.78. The molecule has 0 aromatic carbocycles. The fourth-order valence-corrected chi connectivity index (χ4v) is 3.94. The maximum absolute atomic E-state index is 13.1. The number of sulfone groups is 1. The molecule has 0 bridgehead atoms. The minimum atomic E-state index is -3.28. The molecule has 0 spiro atoms. The number of aromatic nitrogens is 1. The molecule has 0 aliphatic carbocycles. The van der Waals surface area contributed by atoms with Crippen molar-refractivity contribution in [3.05, 3.63) is 29.8 Å². The Balaban J connectivity index is 2.28. The zero-order valence-electron chi connectivity index (χ0n) is 10.9. The lowest BCUT2D eigenvalue weighted by atomic mass is 10.2. The molecule has 1 N–H and O–H groups in total. The van der Waals surface area contributed by atoms with E-state index in [1.165, 1.54) is 12.1 Å². The van der Waals surface area contributed by atoms with Crippen molar-refractivity contribution < 1.29 is 27.5 Å². The summed E-state index contributed by atoms with van der Waals surface area (Å²) >= 11 is 0. The van der Waals surface area contributed by atoms with Crippen molar-refractivity contribution in [2.75, 3.05) is 18.1 Å². The predicted molar refractivity (Wildman–Crippen MR) is 69.9 cm³/mol. The number of nitrogens with zero attached hydrogens (tertiary/aromatic N) is 2. The van der Waals surface area contributed by atoms with E-state index in [0.717, 1.165) is 11.0 Å². The molecule has 1 aliphatic heterocycles. The van der Waals surface area contributed by atoms with Crippen LogP contribution >= 0.6 is 0 Å². The molecule has 2 heterocycles. The van der Waals surface area contributed by atoms with Crippen LogP contribution in [0, 0.1) is 5.95 Å². The summed E-state index contributed by atoms with van der Waals surface area (Å²) < 4.78 is 36.0. The van der Waals surface area contributed by atoms with Gasteiger partial charge in [-0.05, 0) is 18.6 Å². The number of carboxylic acid groups (broad SMARTS) is 1. The highest BCUT2D eigenvalue weighted by atomic mass is 32.2. The summed E-state index contributed by atoms with van der Waals surface area (Å²) in [6, 6.07) is 2.85. The van der Waals surface area contributed by atoms with Gasteiger partial charge >= 0.3 is 5.97 Å². The van der Waals surface area contributed by atoms with E-state index in [1.54, 1.807) is 0 Å². The van der Waals surface area contributed by atoms with Gasteiger partial charge < -0.3 is 10.0 Å². The molecule has 9 heteroatoms. The standard InChI is InChI=1S/C12H13FN2O5S/c13-10-3-1-2-9(14-10)12(18)15(6-11(16)17)8-4-5-21(19,20)7-8/h1-3,8H,4-7H2,(H,16,17). The van der Waals surface area contributed by atoms with Crippen molar-refractivity contribution in [1.29, 1.82) is 0 Å². The third-order valence-electron chi connectivity index (χ3n) is 3.15. The summed E-state index contributed by atoms with van der Waals surface area (Å²) in [6.45, 7) is -0.656. The first kappa shape index (κ1) is 15.4. The molecular formula is C12H13FN2O5S. The number of rotatable bonds is 4. The number of pyridine rings is 1. The van der Waals surface area contributed by atoms with Gasteiger partial charge in [0.25, 0.3) is 5.91 Å². The Bertz CT molecular complexity index is 676. The number of halogens is 1. The van der Waals surface area contributed by atoms with Crippen LogP contribution in [0.25, 0.3) is 0 Å². The second kappa shape index (κ2) is 5.76. The number of aliphatic carboxylic acids is 1. The molecule has 1 saturated heterocycles. The van der Waals surface area contributed by atoms with Crippen molar-refractivity contribution >= 4 is 21.7 Å². The van der Waals surface area contributed by atoms with Gasteiger partial charge in [0.1, 0.15) is 12.2 Å². The van der Waals surface area contributed by atoms with Gasteiger partial charge in [-0.1, -0.05) is 6.07 Å². The Morgan fingerprint density at radius 2 is 2.14 bits per heavy atom. The Labute approximate surface area is 120 Å². The Morgan fingerprint density at radius 1 is 1.43 bits per heavy atom. The summed E-state index contributed by atoms with van der Waals surface area (Å²) in [5, 5.41) is 8.89. The topological polar surface area (TPSA) is 105 Å². The van der Waals surface area contributed by atoms with Gasteiger partial charge in [0.15, 0.2) is 9.84 Å². The van der Waals surface area contributed by atoms with E-state index in [-0.39, 0.29) is 23.6 Å². The molecule has 1 unspecified atom stereocenters. The van der Waals surface area contributed by atoms with Crippen LogP contribution in [-0.4, -0.2) is 59.4 Å². The molecule has 7 nitrogen and oxygen atoms in total. The van der Waals surface area contributed by atoms with Crippen LogP contribution < -0.4 is 0 Å². The van der Waals surface area contributed by atoms with Crippen LogP contribution in [0.15, 0.2) is 18.2 Å². The van der Waals surface area contributed by atoms with E-state index in [4.69, 9.17) is 5.11 Å². The lowest BCUT2D eigenvalue weighted by Crippen LogP contribution is -2.44. The highest BCUT2D eigenvalue weighted by molar-refractivity contribution is 7.91. The van der Waals surface area contributed by atoms with Gasteiger partial charge in [-0.25, -0.2) is 13.4 Å². The fourth-order valence-electron chi connectivity index (χ4n) is 2.21. The van der Waals surface area contributed by atoms with Crippen molar-refractivity contribution in [1.82, 2.24) is 9.88 Å². The van der Waals surface area contributed by atoms with Crippen molar-refractivity contribution in [2.24, 2.45) is 0 Å². The first-order valence-electron chi connectivity index (χ1n) is 6.14. The van der Waals surface area contributed by atoms with Gasteiger partial charge in [-0.2, -0.15) is 4.39 Å². The molecule has 1 aliphatic rings.